The van der Waals surface area contributed by atoms with Crippen molar-refractivity contribution in [2.45, 2.75) is 18.5 Å². The van der Waals surface area contributed by atoms with E-state index in [0.29, 0.717) is 16.5 Å². The zero-order valence-electron chi connectivity index (χ0n) is 25.3. The number of carbonyl (C=O) groups is 3. The van der Waals surface area contributed by atoms with Gasteiger partial charge in [-0.05, 0) is 42.5 Å². The number of anilines is 2. The summed E-state index contributed by atoms with van der Waals surface area (Å²) in [6, 6.07) is 13.5. The molecule has 1 aromatic carbocycles. The molecule has 276 valence electrons. The molecule has 0 spiro atoms. The lowest BCUT2D eigenvalue weighted by atomic mass is 10.1. The van der Waals surface area contributed by atoms with Crippen LogP contribution in [0, 0.1) is 0 Å². The summed E-state index contributed by atoms with van der Waals surface area (Å²) >= 11 is 6.57. The molecule has 6 rings (SSSR count). The van der Waals surface area contributed by atoms with E-state index in [2.05, 4.69) is 25.3 Å². The number of hydrogen-bond acceptors (Lipinski definition) is 9. The number of alkyl halides is 9. The predicted octanol–water partition coefficient (Wildman–Crippen LogP) is 7.37. The molecule has 1 aliphatic heterocycles. The molecular weight excluding hydrogens is 751 g/mol. The number of aromatic nitrogens is 5. The number of hydrogen-bond donors (Lipinski definition) is 5. The van der Waals surface area contributed by atoms with E-state index in [4.69, 9.17) is 51.0 Å². The fraction of sp³-hybridized carbons (Fsp3) is 0.138. The first kappa shape index (κ1) is 40.2. The fourth-order valence-corrected chi connectivity index (χ4v) is 4.09. The molecule has 0 radical (unpaired) electrons. The second-order valence-corrected chi connectivity index (χ2v) is 9.91. The number of carboxylic acids is 3. The Morgan fingerprint density at radius 3 is 1.88 bits per heavy atom. The highest BCUT2D eigenvalue weighted by Gasteiger charge is 2.39. The molecule has 0 saturated heterocycles. The normalized spacial score (nSPS) is 11.6. The molecule has 5 N–H and O–H groups in total. The van der Waals surface area contributed by atoms with Gasteiger partial charge in [0, 0.05) is 28.9 Å². The van der Waals surface area contributed by atoms with Crippen LogP contribution in [-0.2, 0) is 14.4 Å². The average molecular weight is 769 g/mol. The molecule has 5 aromatic rings. The Morgan fingerprint density at radius 2 is 1.35 bits per heavy atom. The minimum atomic E-state index is -5.08. The van der Waals surface area contributed by atoms with Crippen molar-refractivity contribution in [1.29, 1.82) is 0 Å². The smallest absolute Gasteiger partial charge is 0.490 e. The van der Waals surface area contributed by atoms with Crippen molar-refractivity contribution < 1.29 is 74.0 Å². The Balaban J connectivity index is 0.000000285. The molecule has 1 aliphatic rings. The molecule has 0 unspecified atom stereocenters. The number of halogens is 10. The summed E-state index contributed by atoms with van der Waals surface area (Å²) in [5.74, 6) is -6.16. The van der Waals surface area contributed by atoms with Crippen molar-refractivity contribution in [2.75, 3.05) is 12.4 Å². The number of benzene rings is 1. The number of ether oxygens (including phenoxy) is 1. The van der Waals surface area contributed by atoms with Crippen molar-refractivity contribution in [3.05, 3.63) is 66.2 Å². The van der Waals surface area contributed by atoms with Crippen LogP contribution < -0.4 is 10.1 Å². The third-order valence-corrected chi connectivity index (χ3v) is 6.36. The molecule has 23 heteroatoms. The molecule has 4 aromatic heterocycles. The van der Waals surface area contributed by atoms with Gasteiger partial charge in [0.1, 0.15) is 28.2 Å². The summed E-state index contributed by atoms with van der Waals surface area (Å²) in [4.78, 5) is 48.4. The molecule has 0 amide bonds. The van der Waals surface area contributed by atoms with Crippen molar-refractivity contribution in [3.63, 3.8) is 0 Å². The number of rotatable bonds is 2. The number of aliphatic carboxylic acids is 3. The summed E-state index contributed by atoms with van der Waals surface area (Å²) in [6.45, 7) is 0. The zero-order valence-corrected chi connectivity index (χ0v) is 26.1. The number of H-pyrrole nitrogens is 1. The van der Waals surface area contributed by atoms with Crippen LogP contribution in [0.2, 0.25) is 5.15 Å². The van der Waals surface area contributed by atoms with Gasteiger partial charge in [0.2, 0.25) is 0 Å². The number of nitrogens with one attached hydrogen (secondary N) is 2. The quantitative estimate of drug-likeness (QED) is 0.0867. The van der Waals surface area contributed by atoms with E-state index >= 15 is 0 Å². The van der Waals surface area contributed by atoms with Crippen LogP contribution in [0.25, 0.3) is 44.8 Å². The van der Waals surface area contributed by atoms with Gasteiger partial charge in [-0.25, -0.2) is 29.3 Å². The van der Waals surface area contributed by atoms with E-state index < -0.39 is 36.4 Å². The van der Waals surface area contributed by atoms with E-state index in [1.807, 2.05) is 42.5 Å². The van der Waals surface area contributed by atoms with Crippen LogP contribution in [0.4, 0.5) is 51.0 Å². The van der Waals surface area contributed by atoms with E-state index in [1.54, 1.807) is 25.7 Å². The maximum absolute atomic E-state index is 10.6. The van der Waals surface area contributed by atoms with Gasteiger partial charge in [-0.3, -0.25) is 4.98 Å². The van der Waals surface area contributed by atoms with E-state index in [0.717, 1.165) is 50.7 Å². The standard InChI is InChI=1S/C23H15ClN6O.3C2HF3O2/c1-31-13-4-5-17-12(9-13)10-16(21(24)27-17)23-29-19-14-6-8-25-11-18(14)28-22-15(20(19)30-23)3-2-7-26-22;3*3-2(4,5)1(6)7/h2-11H,1H3,(H,26,28)(H,29,30);3*(H,6,7). The largest absolute Gasteiger partial charge is 0.497 e. The number of aromatic amines is 1. The van der Waals surface area contributed by atoms with Crippen molar-refractivity contribution in [3.8, 4) is 39.7 Å². The number of fused-ring (bicyclic) bond motifs is 6. The topological polar surface area (TPSA) is 201 Å². The SMILES string of the molecule is COc1ccc2nc(Cl)c(-c3nc4c([nH]3)-c3ccncc3Nc3ncccc3-4)cc2c1.O=C(O)C(F)(F)F.O=C(O)C(F)(F)F.O=C(O)C(F)(F)F. The van der Waals surface area contributed by atoms with E-state index in [1.165, 1.54) is 0 Å². The number of methoxy groups -OCH3 is 1. The lowest BCUT2D eigenvalue weighted by molar-refractivity contribution is -0.193. The number of pyridine rings is 3. The summed E-state index contributed by atoms with van der Waals surface area (Å²) in [5.41, 5.74) is 5.85. The first-order chi connectivity index (χ1) is 24.0. The highest BCUT2D eigenvalue weighted by molar-refractivity contribution is 6.32. The molecule has 0 saturated carbocycles. The molecule has 5 heterocycles. The monoisotopic (exact) mass is 768 g/mol. The lowest BCUT2D eigenvalue weighted by Gasteiger charge is -2.08. The summed E-state index contributed by atoms with van der Waals surface area (Å²) in [7, 11) is 1.64. The Hall–Kier alpha value is -6.19. The van der Waals surface area contributed by atoms with Gasteiger partial charge in [0.15, 0.2) is 0 Å². The van der Waals surface area contributed by atoms with Crippen LogP contribution >= 0.6 is 11.6 Å². The maximum atomic E-state index is 10.6. The van der Waals surface area contributed by atoms with Crippen molar-refractivity contribution >= 4 is 51.9 Å². The molecule has 0 bridgehead atoms. The van der Waals surface area contributed by atoms with Crippen LogP contribution in [-0.4, -0.2) is 83.8 Å². The maximum Gasteiger partial charge on any atom is 0.490 e. The van der Waals surface area contributed by atoms with Crippen LogP contribution in [0.5, 0.6) is 5.75 Å². The number of nitrogens with zero attached hydrogens (tertiary/aromatic N) is 4. The van der Waals surface area contributed by atoms with Gasteiger partial charge < -0.3 is 30.4 Å². The third kappa shape index (κ3) is 10.2. The van der Waals surface area contributed by atoms with E-state index in [-0.39, 0.29) is 0 Å². The lowest BCUT2D eigenvalue weighted by Crippen LogP contribution is -2.21. The van der Waals surface area contributed by atoms with E-state index in [9.17, 15) is 39.5 Å². The van der Waals surface area contributed by atoms with Crippen molar-refractivity contribution in [1.82, 2.24) is 24.9 Å². The average Bonchev–Trinajstić information content (AvgIpc) is 3.44. The number of imidazole rings is 1. The second-order valence-electron chi connectivity index (χ2n) is 9.55. The Bertz CT molecular complexity index is 1990. The fourth-order valence-electron chi connectivity index (χ4n) is 3.85. The van der Waals surface area contributed by atoms with Gasteiger partial charge >= 0.3 is 36.4 Å². The molecule has 0 aliphatic carbocycles. The van der Waals surface area contributed by atoms with Crippen LogP contribution in [0.3, 0.4) is 0 Å². The first-order valence-electron chi connectivity index (χ1n) is 13.4. The van der Waals surface area contributed by atoms with Gasteiger partial charge in [0.05, 0.1) is 35.8 Å². The zero-order chi connectivity index (χ0) is 39.2. The molecule has 0 fully saturated rings. The minimum absolute atomic E-state index is 0.376. The molecule has 52 heavy (non-hydrogen) atoms. The predicted molar refractivity (Wildman–Crippen MR) is 162 cm³/mol. The Kier molecular flexibility index (Phi) is 12.2. The first-order valence-corrected chi connectivity index (χ1v) is 13.7. The van der Waals surface area contributed by atoms with Gasteiger partial charge in [0.25, 0.3) is 0 Å². The van der Waals surface area contributed by atoms with Crippen LogP contribution in [0.15, 0.2) is 61.1 Å². The summed E-state index contributed by atoms with van der Waals surface area (Å²) in [5, 5.41) is 26.0. The molecular formula is C29H18ClF9N6O7. The van der Waals surface area contributed by atoms with Gasteiger partial charge in [-0.1, -0.05) is 11.6 Å². The highest BCUT2D eigenvalue weighted by Crippen LogP contribution is 2.43. The number of carboxylic acid groups (broad SMARTS) is 3. The van der Waals surface area contributed by atoms with Crippen LogP contribution in [0.1, 0.15) is 0 Å². The third-order valence-electron chi connectivity index (χ3n) is 6.07. The highest BCUT2D eigenvalue weighted by atomic mass is 35.5. The summed E-state index contributed by atoms with van der Waals surface area (Å²) in [6.07, 6.45) is -9.97. The van der Waals surface area contributed by atoms with Gasteiger partial charge in [-0.2, -0.15) is 39.5 Å². The Labute approximate surface area is 287 Å². The minimum Gasteiger partial charge on any atom is -0.497 e. The Morgan fingerprint density at radius 1 is 0.769 bits per heavy atom. The summed E-state index contributed by atoms with van der Waals surface area (Å²) < 4.78 is 101. The van der Waals surface area contributed by atoms with Crippen molar-refractivity contribution in [2.24, 2.45) is 0 Å². The molecule has 13 nitrogen and oxygen atoms in total. The molecule has 0 atom stereocenters. The second kappa shape index (κ2) is 15.8. The van der Waals surface area contributed by atoms with Gasteiger partial charge in [-0.15, -0.1) is 0 Å².